The van der Waals surface area contributed by atoms with E-state index in [4.69, 9.17) is 11.6 Å². The van der Waals surface area contributed by atoms with Crippen molar-refractivity contribution in [3.63, 3.8) is 0 Å². The Morgan fingerprint density at radius 1 is 0.971 bits per heavy atom. The first-order chi connectivity index (χ1) is 16.6. The third kappa shape index (κ3) is 6.41. The Hall–Kier alpha value is -3.36. The van der Waals surface area contributed by atoms with Gasteiger partial charge in [-0.25, -0.2) is 8.42 Å². The maximum Gasteiger partial charge on any atom is 0.264 e. The predicted molar refractivity (Wildman–Crippen MR) is 138 cm³/mol. The molecule has 0 bridgehead atoms. The molecule has 3 aromatic carbocycles. The minimum absolute atomic E-state index is 0.0675. The summed E-state index contributed by atoms with van der Waals surface area (Å²) in [7, 11) is -2.57. The van der Waals surface area contributed by atoms with Gasteiger partial charge in [0, 0.05) is 18.6 Å². The molecule has 1 atom stereocenters. The van der Waals surface area contributed by atoms with Crippen LogP contribution in [-0.2, 0) is 26.2 Å². The number of carbonyl (C=O) groups excluding carboxylic acids is 2. The van der Waals surface area contributed by atoms with Crippen LogP contribution in [0, 0.1) is 6.92 Å². The third-order valence-corrected chi connectivity index (χ3v) is 7.62. The fraction of sp³-hybridized carbons (Fsp3) is 0.231. The highest BCUT2D eigenvalue weighted by atomic mass is 35.5. The van der Waals surface area contributed by atoms with Gasteiger partial charge in [-0.3, -0.25) is 13.9 Å². The highest BCUT2D eigenvalue weighted by molar-refractivity contribution is 7.92. The van der Waals surface area contributed by atoms with E-state index in [1.54, 1.807) is 67.6 Å². The molecule has 2 amide bonds. The number of likely N-dealkylation sites (N-methyl/N-ethyl adjacent to an activating group) is 1. The average Bonchev–Trinajstić information content (AvgIpc) is 2.86. The average molecular weight is 514 g/mol. The Morgan fingerprint density at radius 3 is 2.23 bits per heavy atom. The minimum atomic E-state index is -4.06. The zero-order valence-electron chi connectivity index (χ0n) is 19.8. The molecule has 1 N–H and O–H groups in total. The van der Waals surface area contributed by atoms with Gasteiger partial charge in [0.15, 0.2) is 0 Å². The molecule has 0 saturated heterocycles. The van der Waals surface area contributed by atoms with E-state index in [-0.39, 0.29) is 17.3 Å². The van der Waals surface area contributed by atoms with Crippen LogP contribution in [0.15, 0.2) is 83.8 Å². The number of rotatable bonds is 9. The molecule has 0 aromatic heterocycles. The van der Waals surface area contributed by atoms with Gasteiger partial charge >= 0.3 is 0 Å². The number of anilines is 1. The molecule has 7 nitrogen and oxygen atoms in total. The summed E-state index contributed by atoms with van der Waals surface area (Å²) < 4.78 is 28.3. The number of sulfonamides is 1. The highest BCUT2D eigenvalue weighted by Crippen LogP contribution is 2.25. The first kappa shape index (κ1) is 26.2. The summed E-state index contributed by atoms with van der Waals surface area (Å²) in [6, 6.07) is 21.0. The van der Waals surface area contributed by atoms with Gasteiger partial charge in [-0.15, -0.1) is 0 Å². The molecule has 9 heteroatoms. The number of nitrogens with one attached hydrogen (secondary N) is 1. The van der Waals surface area contributed by atoms with Crippen LogP contribution in [0.25, 0.3) is 0 Å². The lowest BCUT2D eigenvalue weighted by molar-refractivity contribution is -0.139. The largest absolute Gasteiger partial charge is 0.357 e. The van der Waals surface area contributed by atoms with Crippen molar-refractivity contribution >= 4 is 39.1 Å². The fourth-order valence-electron chi connectivity index (χ4n) is 3.61. The Labute approximate surface area is 211 Å². The van der Waals surface area contributed by atoms with Gasteiger partial charge in [0.05, 0.1) is 10.6 Å². The van der Waals surface area contributed by atoms with Crippen molar-refractivity contribution in [2.45, 2.75) is 31.3 Å². The second-order valence-electron chi connectivity index (χ2n) is 8.10. The van der Waals surface area contributed by atoms with Gasteiger partial charge < -0.3 is 10.2 Å². The molecule has 0 radical (unpaired) electrons. The van der Waals surface area contributed by atoms with E-state index in [0.717, 1.165) is 15.4 Å². The number of hydrogen-bond acceptors (Lipinski definition) is 4. The highest BCUT2D eigenvalue weighted by Gasteiger charge is 2.32. The number of halogens is 1. The number of hydrogen-bond donors (Lipinski definition) is 1. The van der Waals surface area contributed by atoms with Gasteiger partial charge in [-0.05, 0) is 61.4 Å². The maximum absolute atomic E-state index is 13.6. The second kappa shape index (κ2) is 11.4. The summed E-state index contributed by atoms with van der Waals surface area (Å²) in [5.74, 6) is -0.877. The van der Waals surface area contributed by atoms with Gasteiger partial charge in [0.2, 0.25) is 11.8 Å². The maximum atomic E-state index is 13.6. The van der Waals surface area contributed by atoms with E-state index in [2.05, 4.69) is 5.32 Å². The monoisotopic (exact) mass is 513 g/mol. The number of benzene rings is 3. The summed E-state index contributed by atoms with van der Waals surface area (Å²) in [4.78, 5) is 27.5. The quantitative estimate of drug-likeness (QED) is 0.468. The van der Waals surface area contributed by atoms with Crippen molar-refractivity contribution in [1.82, 2.24) is 10.2 Å². The Kier molecular flexibility index (Phi) is 8.53. The summed E-state index contributed by atoms with van der Waals surface area (Å²) in [6.45, 7) is 3.09. The summed E-state index contributed by atoms with van der Waals surface area (Å²) in [5.41, 5.74) is 1.97. The molecule has 0 aliphatic heterocycles. The molecule has 0 aliphatic carbocycles. The zero-order chi connectivity index (χ0) is 25.6. The molecule has 184 valence electrons. The fourth-order valence-corrected chi connectivity index (χ4v) is 5.16. The van der Waals surface area contributed by atoms with E-state index in [1.807, 2.05) is 13.0 Å². The first-order valence-electron chi connectivity index (χ1n) is 11.0. The Morgan fingerprint density at radius 2 is 1.63 bits per heavy atom. The van der Waals surface area contributed by atoms with Gasteiger partial charge in [0.1, 0.15) is 12.6 Å². The smallest absolute Gasteiger partial charge is 0.264 e. The van der Waals surface area contributed by atoms with Gasteiger partial charge in [-0.1, -0.05) is 54.1 Å². The zero-order valence-corrected chi connectivity index (χ0v) is 21.4. The molecule has 0 spiro atoms. The normalized spacial score (nSPS) is 12.0. The predicted octanol–water partition coefficient (Wildman–Crippen LogP) is 4.01. The minimum Gasteiger partial charge on any atom is -0.357 e. The summed E-state index contributed by atoms with van der Waals surface area (Å²) >= 11 is 5.99. The summed E-state index contributed by atoms with van der Waals surface area (Å²) in [6.07, 6.45) is 0. The number of amides is 2. The van der Waals surface area contributed by atoms with Crippen molar-refractivity contribution in [2.24, 2.45) is 0 Å². The second-order valence-corrected chi connectivity index (χ2v) is 10.4. The molecule has 0 saturated carbocycles. The van der Waals surface area contributed by atoms with E-state index in [1.165, 1.54) is 24.1 Å². The lowest BCUT2D eigenvalue weighted by atomic mass is 10.1. The number of carbonyl (C=O) groups is 2. The SMILES string of the molecule is CNC(=O)C(C)N(Cc1ccc(Cl)cc1)C(=O)CN(c1cccc(C)c1)S(=O)(=O)c1ccccc1. The van der Waals surface area contributed by atoms with Crippen molar-refractivity contribution in [2.75, 3.05) is 17.9 Å². The van der Waals surface area contributed by atoms with E-state index < -0.39 is 28.5 Å². The topological polar surface area (TPSA) is 86.8 Å². The molecule has 0 fully saturated rings. The molecule has 0 aliphatic rings. The van der Waals surface area contributed by atoms with Crippen molar-refractivity contribution in [3.05, 3.63) is 95.0 Å². The molecule has 3 rings (SSSR count). The van der Waals surface area contributed by atoms with Crippen LogP contribution >= 0.6 is 11.6 Å². The van der Waals surface area contributed by atoms with Gasteiger partial charge in [0.25, 0.3) is 10.0 Å². The van der Waals surface area contributed by atoms with Crippen LogP contribution in [-0.4, -0.2) is 44.8 Å². The molecular weight excluding hydrogens is 486 g/mol. The molecular formula is C26H28ClN3O4S. The van der Waals surface area contributed by atoms with Crippen LogP contribution in [0.2, 0.25) is 5.02 Å². The first-order valence-corrected chi connectivity index (χ1v) is 12.8. The van der Waals surface area contributed by atoms with Crippen LogP contribution in [0.4, 0.5) is 5.69 Å². The standard InChI is InChI=1S/C26H28ClN3O4S/c1-19-8-7-9-23(16-19)30(35(33,34)24-10-5-4-6-11-24)18-25(31)29(20(2)26(32)28-3)17-21-12-14-22(27)15-13-21/h4-16,20H,17-18H2,1-3H3,(H,28,32). The molecule has 3 aromatic rings. The lowest BCUT2D eigenvalue weighted by Gasteiger charge is -2.31. The van der Waals surface area contributed by atoms with Crippen LogP contribution < -0.4 is 9.62 Å². The van der Waals surface area contributed by atoms with Gasteiger partial charge in [-0.2, -0.15) is 0 Å². The Bertz CT molecular complexity index is 1280. The third-order valence-electron chi connectivity index (χ3n) is 5.58. The molecule has 0 heterocycles. The lowest BCUT2D eigenvalue weighted by Crippen LogP contribution is -2.50. The van der Waals surface area contributed by atoms with E-state index in [0.29, 0.717) is 10.7 Å². The molecule has 35 heavy (non-hydrogen) atoms. The van der Waals surface area contributed by atoms with Crippen LogP contribution in [0.5, 0.6) is 0 Å². The summed E-state index contributed by atoms with van der Waals surface area (Å²) in [5, 5.41) is 3.10. The van der Waals surface area contributed by atoms with Crippen LogP contribution in [0.1, 0.15) is 18.1 Å². The van der Waals surface area contributed by atoms with Crippen LogP contribution in [0.3, 0.4) is 0 Å². The number of nitrogens with zero attached hydrogens (tertiary/aromatic N) is 2. The van der Waals surface area contributed by atoms with Crippen molar-refractivity contribution < 1.29 is 18.0 Å². The van der Waals surface area contributed by atoms with E-state index >= 15 is 0 Å². The Balaban J connectivity index is 2.01. The van der Waals surface area contributed by atoms with Crippen molar-refractivity contribution in [3.8, 4) is 0 Å². The van der Waals surface area contributed by atoms with E-state index in [9.17, 15) is 18.0 Å². The number of aryl methyl sites for hydroxylation is 1. The molecule has 1 unspecified atom stereocenters. The van der Waals surface area contributed by atoms with Crippen molar-refractivity contribution in [1.29, 1.82) is 0 Å².